The van der Waals surface area contributed by atoms with Gasteiger partial charge in [-0.25, -0.2) is 4.79 Å². The molecule has 0 aliphatic carbocycles. The Morgan fingerprint density at radius 1 is 1.45 bits per heavy atom. The fourth-order valence-corrected chi connectivity index (χ4v) is 3.32. The van der Waals surface area contributed by atoms with Gasteiger partial charge in [-0.15, -0.1) is 11.8 Å². The van der Waals surface area contributed by atoms with Crippen molar-refractivity contribution in [1.82, 2.24) is 4.90 Å². The summed E-state index contributed by atoms with van der Waals surface area (Å²) in [5.74, 6) is 1.03. The number of rotatable bonds is 3. The maximum absolute atomic E-state index is 12.0. The summed E-state index contributed by atoms with van der Waals surface area (Å²) in [6.07, 6.45) is -0.281. The number of nitrogen functional groups attached to an aromatic ring is 1. The molecule has 0 saturated carbocycles. The summed E-state index contributed by atoms with van der Waals surface area (Å²) >= 11 is 1.83. The molecule has 1 aliphatic heterocycles. The lowest BCUT2D eigenvalue weighted by atomic mass is 10.2. The lowest BCUT2D eigenvalue weighted by molar-refractivity contribution is 0.0303. The first-order chi connectivity index (χ1) is 10.3. The van der Waals surface area contributed by atoms with E-state index in [-0.39, 0.29) is 6.09 Å². The molecule has 0 radical (unpaired) electrons. The predicted octanol–water partition coefficient (Wildman–Crippen LogP) is 3.05. The van der Waals surface area contributed by atoms with Gasteiger partial charge in [-0.05, 0) is 39.0 Å². The number of nitrogens with zero attached hydrogens (tertiary/aromatic N) is 2. The van der Waals surface area contributed by atoms with E-state index < -0.39 is 5.60 Å². The van der Waals surface area contributed by atoms with Gasteiger partial charge in [-0.1, -0.05) is 0 Å². The number of hydrogen-bond donors (Lipinski definition) is 1. The van der Waals surface area contributed by atoms with Crippen molar-refractivity contribution in [2.24, 2.45) is 0 Å². The van der Waals surface area contributed by atoms with Crippen molar-refractivity contribution in [1.29, 1.82) is 0 Å². The standard InChI is InChI=1S/C16H25N3O2S/c1-16(2,3)21-15(20)18(4)7-8-19-9-10-22-14-11-12(17)5-6-13(14)19/h5-6,11H,7-10,17H2,1-4H3. The summed E-state index contributed by atoms with van der Waals surface area (Å²) in [7, 11) is 1.77. The number of amides is 1. The summed E-state index contributed by atoms with van der Waals surface area (Å²) in [5.41, 5.74) is 7.37. The predicted molar refractivity (Wildman–Crippen MR) is 92.7 cm³/mol. The Hall–Kier alpha value is -1.56. The highest BCUT2D eigenvalue weighted by Crippen LogP contribution is 2.35. The molecular formula is C16H25N3O2S. The molecule has 5 nitrogen and oxygen atoms in total. The van der Waals surface area contributed by atoms with Gasteiger partial charge >= 0.3 is 6.09 Å². The summed E-state index contributed by atoms with van der Waals surface area (Å²) in [6, 6.07) is 6.00. The van der Waals surface area contributed by atoms with Gasteiger partial charge in [0.15, 0.2) is 0 Å². The third-order valence-electron chi connectivity index (χ3n) is 3.35. The van der Waals surface area contributed by atoms with E-state index in [0.717, 1.165) is 24.5 Å². The second-order valence-electron chi connectivity index (χ2n) is 6.46. The first kappa shape index (κ1) is 16.8. The van der Waals surface area contributed by atoms with Crippen LogP contribution < -0.4 is 10.6 Å². The molecule has 1 amide bonds. The fraction of sp³-hybridized carbons (Fsp3) is 0.562. The highest BCUT2D eigenvalue weighted by molar-refractivity contribution is 7.99. The van der Waals surface area contributed by atoms with E-state index >= 15 is 0 Å². The Bertz CT molecular complexity index is 543. The number of carbonyl (C=O) groups is 1. The number of fused-ring (bicyclic) bond motifs is 1. The smallest absolute Gasteiger partial charge is 0.410 e. The fourth-order valence-electron chi connectivity index (χ4n) is 2.23. The van der Waals surface area contributed by atoms with Gasteiger partial charge in [0.1, 0.15) is 5.60 Å². The topological polar surface area (TPSA) is 58.8 Å². The minimum Gasteiger partial charge on any atom is -0.444 e. The Morgan fingerprint density at radius 2 is 2.18 bits per heavy atom. The lowest BCUT2D eigenvalue weighted by Gasteiger charge is -2.32. The zero-order valence-electron chi connectivity index (χ0n) is 13.8. The SMILES string of the molecule is CN(CCN1CCSc2cc(N)ccc21)C(=O)OC(C)(C)C. The largest absolute Gasteiger partial charge is 0.444 e. The maximum Gasteiger partial charge on any atom is 0.410 e. The van der Waals surface area contributed by atoms with Gasteiger partial charge in [-0.3, -0.25) is 0 Å². The van der Waals surface area contributed by atoms with Crippen LogP contribution in [0.5, 0.6) is 0 Å². The molecule has 1 aliphatic rings. The van der Waals surface area contributed by atoms with Crippen LogP contribution in [0.25, 0.3) is 0 Å². The molecule has 1 aromatic rings. The molecule has 22 heavy (non-hydrogen) atoms. The van der Waals surface area contributed by atoms with Gasteiger partial charge in [0.2, 0.25) is 0 Å². The summed E-state index contributed by atoms with van der Waals surface area (Å²) in [5, 5.41) is 0. The Morgan fingerprint density at radius 3 is 2.86 bits per heavy atom. The number of likely N-dealkylation sites (N-methyl/N-ethyl adjacent to an activating group) is 1. The van der Waals surface area contributed by atoms with Gasteiger partial charge in [0, 0.05) is 43.0 Å². The number of nitrogens with two attached hydrogens (primary N) is 1. The molecule has 0 fully saturated rings. The van der Waals surface area contributed by atoms with Crippen LogP contribution in [0.2, 0.25) is 0 Å². The molecule has 0 atom stereocenters. The molecule has 2 rings (SSSR count). The number of hydrogen-bond acceptors (Lipinski definition) is 5. The Balaban J connectivity index is 1.94. The van der Waals surface area contributed by atoms with Gasteiger partial charge in [0.05, 0.1) is 5.69 Å². The van der Waals surface area contributed by atoms with Crippen molar-refractivity contribution < 1.29 is 9.53 Å². The second kappa shape index (κ2) is 6.69. The average Bonchev–Trinajstić information content (AvgIpc) is 2.42. The van der Waals surface area contributed by atoms with E-state index in [0.29, 0.717) is 6.54 Å². The molecular weight excluding hydrogens is 298 g/mol. The number of benzene rings is 1. The van der Waals surface area contributed by atoms with Crippen LogP contribution in [0.3, 0.4) is 0 Å². The molecule has 1 aromatic carbocycles. The summed E-state index contributed by atoms with van der Waals surface area (Å²) in [4.78, 5) is 17.1. The van der Waals surface area contributed by atoms with Crippen molar-refractivity contribution in [2.75, 3.05) is 43.1 Å². The van der Waals surface area contributed by atoms with Crippen molar-refractivity contribution in [2.45, 2.75) is 31.3 Å². The van der Waals surface area contributed by atoms with Gasteiger partial charge < -0.3 is 20.3 Å². The lowest BCUT2D eigenvalue weighted by Crippen LogP contribution is -2.40. The van der Waals surface area contributed by atoms with E-state index in [4.69, 9.17) is 10.5 Å². The number of carbonyl (C=O) groups excluding carboxylic acids is 1. The second-order valence-corrected chi connectivity index (χ2v) is 7.60. The summed E-state index contributed by atoms with van der Waals surface area (Å²) < 4.78 is 5.37. The third kappa shape index (κ3) is 4.47. The van der Waals surface area contributed by atoms with Crippen LogP contribution in [-0.4, -0.2) is 49.0 Å². The zero-order valence-corrected chi connectivity index (χ0v) is 14.6. The Labute approximate surface area is 136 Å². The molecule has 0 bridgehead atoms. The van der Waals surface area contributed by atoms with Crippen molar-refractivity contribution in [3.05, 3.63) is 18.2 Å². The van der Waals surface area contributed by atoms with Crippen molar-refractivity contribution >= 4 is 29.2 Å². The van der Waals surface area contributed by atoms with Crippen molar-refractivity contribution in [3.63, 3.8) is 0 Å². The minimum atomic E-state index is -0.461. The van der Waals surface area contributed by atoms with Crippen LogP contribution in [0.1, 0.15) is 20.8 Å². The van der Waals surface area contributed by atoms with E-state index in [1.54, 1.807) is 11.9 Å². The number of ether oxygens (including phenoxy) is 1. The van der Waals surface area contributed by atoms with Crippen LogP contribution in [0, 0.1) is 0 Å². The molecule has 2 N–H and O–H groups in total. The first-order valence-corrected chi connectivity index (χ1v) is 8.46. The molecule has 1 heterocycles. The number of thioether (sulfide) groups is 1. The highest BCUT2D eigenvalue weighted by atomic mass is 32.2. The van der Waals surface area contributed by atoms with Crippen LogP contribution in [0.15, 0.2) is 23.1 Å². The van der Waals surface area contributed by atoms with Crippen LogP contribution in [0.4, 0.5) is 16.2 Å². The van der Waals surface area contributed by atoms with Crippen LogP contribution in [-0.2, 0) is 4.74 Å². The molecule has 122 valence electrons. The zero-order chi connectivity index (χ0) is 16.3. The number of anilines is 2. The average molecular weight is 323 g/mol. The molecule has 0 saturated heterocycles. The quantitative estimate of drug-likeness (QED) is 0.866. The normalized spacial score (nSPS) is 14.5. The molecule has 0 aromatic heterocycles. The van der Waals surface area contributed by atoms with Crippen molar-refractivity contribution in [3.8, 4) is 0 Å². The van der Waals surface area contributed by atoms with E-state index in [9.17, 15) is 4.79 Å². The van der Waals surface area contributed by atoms with E-state index in [2.05, 4.69) is 11.0 Å². The highest BCUT2D eigenvalue weighted by Gasteiger charge is 2.21. The maximum atomic E-state index is 12.0. The monoisotopic (exact) mass is 323 g/mol. The van der Waals surface area contributed by atoms with Gasteiger partial charge in [0.25, 0.3) is 0 Å². The third-order valence-corrected chi connectivity index (χ3v) is 4.38. The summed E-state index contributed by atoms with van der Waals surface area (Å²) in [6.45, 7) is 8.02. The molecule has 0 spiro atoms. The first-order valence-electron chi connectivity index (χ1n) is 7.47. The van der Waals surface area contributed by atoms with Crippen LogP contribution >= 0.6 is 11.8 Å². The van der Waals surface area contributed by atoms with Gasteiger partial charge in [-0.2, -0.15) is 0 Å². The molecule has 6 heteroatoms. The van der Waals surface area contributed by atoms with E-state index in [1.165, 1.54) is 10.6 Å². The molecule has 0 unspecified atom stereocenters. The van der Waals surface area contributed by atoms with E-state index in [1.807, 2.05) is 44.7 Å². The Kier molecular flexibility index (Phi) is 5.11. The minimum absolute atomic E-state index is 0.281.